The molecule has 1 N–H and O–H groups in total. The molecule has 4 nitrogen and oxygen atoms in total. The molecule has 0 spiro atoms. The van der Waals surface area contributed by atoms with Crippen LogP contribution in [0.5, 0.6) is 0 Å². The fourth-order valence-electron chi connectivity index (χ4n) is 2.69. The number of rotatable bonds is 8. The van der Waals surface area contributed by atoms with Crippen LogP contribution in [-0.4, -0.2) is 28.5 Å². The summed E-state index contributed by atoms with van der Waals surface area (Å²) in [7, 11) is 0. The van der Waals surface area contributed by atoms with Crippen LogP contribution in [0.3, 0.4) is 0 Å². The Morgan fingerprint density at radius 2 is 2.25 bits per heavy atom. The highest BCUT2D eigenvalue weighted by Gasteiger charge is 2.32. The van der Waals surface area contributed by atoms with Gasteiger partial charge in [0.05, 0.1) is 5.69 Å². The molecule has 2 heterocycles. The van der Waals surface area contributed by atoms with Crippen LogP contribution in [-0.2, 0) is 6.54 Å². The van der Waals surface area contributed by atoms with Crippen molar-refractivity contribution in [3.63, 3.8) is 0 Å². The SMILES string of the molecule is CCCNCc1c(N(CCC)C2CC2)nc2sccn12. The van der Waals surface area contributed by atoms with Crippen LogP contribution in [0.15, 0.2) is 11.6 Å². The first-order chi connectivity index (χ1) is 9.85. The first-order valence-electron chi connectivity index (χ1n) is 7.77. The Kier molecular flexibility index (Phi) is 4.27. The highest BCUT2D eigenvalue weighted by molar-refractivity contribution is 7.15. The third-order valence-electron chi connectivity index (χ3n) is 3.78. The molecule has 0 saturated heterocycles. The number of imidazole rings is 1. The van der Waals surface area contributed by atoms with Gasteiger partial charge in [-0.3, -0.25) is 4.40 Å². The van der Waals surface area contributed by atoms with E-state index in [1.807, 2.05) is 0 Å². The van der Waals surface area contributed by atoms with E-state index in [2.05, 4.69) is 40.0 Å². The van der Waals surface area contributed by atoms with Crippen LogP contribution in [0, 0.1) is 0 Å². The number of hydrogen-bond acceptors (Lipinski definition) is 4. The fourth-order valence-corrected chi connectivity index (χ4v) is 3.42. The van der Waals surface area contributed by atoms with Gasteiger partial charge in [0.15, 0.2) is 10.8 Å². The Morgan fingerprint density at radius 1 is 1.40 bits per heavy atom. The number of fused-ring (bicyclic) bond motifs is 1. The average molecular weight is 292 g/mol. The molecule has 0 bridgehead atoms. The molecule has 1 aliphatic rings. The zero-order valence-corrected chi connectivity index (χ0v) is 13.2. The normalized spacial score (nSPS) is 15.1. The van der Waals surface area contributed by atoms with Gasteiger partial charge in [-0.15, -0.1) is 11.3 Å². The van der Waals surface area contributed by atoms with Crippen molar-refractivity contribution in [1.82, 2.24) is 14.7 Å². The first-order valence-corrected chi connectivity index (χ1v) is 8.64. The molecule has 1 fully saturated rings. The van der Waals surface area contributed by atoms with Crippen molar-refractivity contribution in [3.8, 4) is 0 Å². The number of nitrogens with one attached hydrogen (secondary N) is 1. The monoisotopic (exact) mass is 292 g/mol. The maximum absolute atomic E-state index is 4.90. The second-order valence-electron chi connectivity index (χ2n) is 5.54. The summed E-state index contributed by atoms with van der Waals surface area (Å²) in [6.45, 7) is 7.55. The summed E-state index contributed by atoms with van der Waals surface area (Å²) in [6, 6.07) is 0.726. The molecule has 2 aromatic heterocycles. The second-order valence-corrected chi connectivity index (χ2v) is 6.41. The van der Waals surface area contributed by atoms with Crippen molar-refractivity contribution in [3.05, 3.63) is 17.3 Å². The molecule has 2 aromatic rings. The van der Waals surface area contributed by atoms with Crippen molar-refractivity contribution in [2.75, 3.05) is 18.0 Å². The highest BCUT2D eigenvalue weighted by Crippen LogP contribution is 2.34. The molecule has 3 rings (SSSR count). The molecular weight excluding hydrogens is 268 g/mol. The van der Waals surface area contributed by atoms with Crippen molar-refractivity contribution < 1.29 is 0 Å². The van der Waals surface area contributed by atoms with E-state index in [1.165, 1.54) is 37.2 Å². The summed E-state index contributed by atoms with van der Waals surface area (Å²) >= 11 is 1.73. The molecule has 110 valence electrons. The molecule has 0 unspecified atom stereocenters. The lowest BCUT2D eigenvalue weighted by Crippen LogP contribution is -2.29. The van der Waals surface area contributed by atoms with E-state index < -0.39 is 0 Å². The first kappa shape index (κ1) is 13.9. The Balaban J connectivity index is 1.90. The Bertz CT molecular complexity index is 555. The maximum atomic E-state index is 4.90. The van der Waals surface area contributed by atoms with Crippen LogP contribution in [0.2, 0.25) is 0 Å². The van der Waals surface area contributed by atoms with Crippen molar-refractivity contribution in [2.45, 2.75) is 52.1 Å². The number of thiazole rings is 1. The Morgan fingerprint density at radius 3 is 2.95 bits per heavy atom. The third-order valence-corrected chi connectivity index (χ3v) is 4.54. The molecule has 0 aromatic carbocycles. The van der Waals surface area contributed by atoms with Gasteiger partial charge in [0.25, 0.3) is 0 Å². The summed E-state index contributed by atoms with van der Waals surface area (Å²) in [5.41, 5.74) is 1.33. The van der Waals surface area contributed by atoms with Gasteiger partial charge in [-0.25, -0.2) is 4.98 Å². The third kappa shape index (κ3) is 2.69. The summed E-state index contributed by atoms with van der Waals surface area (Å²) < 4.78 is 2.26. The van der Waals surface area contributed by atoms with Crippen LogP contribution >= 0.6 is 11.3 Å². The summed E-state index contributed by atoms with van der Waals surface area (Å²) in [5.74, 6) is 1.21. The highest BCUT2D eigenvalue weighted by atomic mass is 32.1. The molecule has 1 aliphatic carbocycles. The summed E-state index contributed by atoms with van der Waals surface area (Å²) in [5, 5.41) is 5.65. The smallest absolute Gasteiger partial charge is 0.195 e. The lowest BCUT2D eigenvalue weighted by Gasteiger charge is -2.23. The molecule has 0 aliphatic heterocycles. The predicted octanol–water partition coefficient (Wildman–Crippen LogP) is 3.27. The van der Waals surface area contributed by atoms with Gasteiger partial charge in [-0.1, -0.05) is 13.8 Å². The van der Waals surface area contributed by atoms with E-state index in [4.69, 9.17) is 4.98 Å². The summed E-state index contributed by atoms with van der Waals surface area (Å²) in [6.07, 6.45) is 7.15. The fraction of sp³-hybridized carbons (Fsp3) is 0.667. The molecule has 0 amide bonds. The van der Waals surface area contributed by atoms with Gasteiger partial charge < -0.3 is 10.2 Å². The largest absolute Gasteiger partial charge is 0.352 e. The molecule has 5 heteroatoms. The Hall–Kier alpha value is -1.07. The number of hydrogen-bond donors (Lipinski definition) is 1. The average Bonchev–Trinajstić information content (AvgIpc) is 3.09. The van der Waals surface area contributed by atoms with E-state index >= 15 is 0 Å². The quantitative estimate of drug-likeness (QED) is 0.758. The lowest BCUT2D eigenvalue weighted by atomic mass is 10.3. The van der Waals surface area contributed by atoms with Crippen molar-refractivity contribution >= 4 is 22.1 Å². The van der Waals surface area contributed by atoms with E-state index in [0.717, 1.165) is 30.6 Å². The van der Waals surface area contributed by atoms with Crippen molar-refractivity contribution in [2.24, 2.45) is 0 Å². The minimum Gasteiger partial charge on any atom is -0.352 e. The number of nitrogens with zero attached hydrogens (tertiary/aromatic N) is 3. The zero-order chi connectivity index (χ0) is 13.9. The van der Waals surface area contributed by atoms with Crippen LogP contribution in [0.4, 0.5) is 5.82 Å². The van der Waals surface area contributed by atoms with Gasteiger partial charge >= 0.3 is 0 Å². The van der Waals surface area contributed by atoms with E-state index in [9.17, 15) is 0 Å². The van der Waals surface area contributed by atoms with Gasteiger partial charge in [-0.05, 0) is 32.2 Å². The van der Waals surface area contributed by atoms with Crippen LogP contribution < -0.4 is 10.2 Å². The molecular formula is C15H24N4S. The molecule has 1 saturated carbocycles. The standard InChI is InChI=1S/C15H24N4S/c1-3-7-16-11-13-14(17-15-19(13)9-10-20-15)18(8-4-2)12-5-6-12/h9-10,12,16H,3-8,11H2,1-2H3. The topological polar surface area (TPSA) is 32.6 Å². The Labute approximate surface area is 124 Å². The van der Waals surface area contributed by atoms with Gasteiger partial charge in [0.2, 0.25) is 0 Å². The van der Waals surface area contributed by atoms with Crippen LogP contribution in [0.25, 0.3) is 4.96 Å². The van der Waals surface area contributed by atoms with E-state index in [1.54, 1.807) is 11.3 Å². The molecule has 0 atom stereocenters. The van der Waals surface area contributed by atoms with Gasteiger partial charge in [-0.2, -0.15) is 0 Å². The minimum absolute atomic E-state index is 0.726. The van der Waals surface area contributed by atoms with Gasteiger partial charge in [0, 0.05) is 30.7 Å². The molecule has 0 radical (unpaired) electrons. The number of aromatic nitrogens is 2. The lowest BCUT2D eigenvalue weighted by molar-refractivity contribution is 0.655. The van der Waals surface area contributed by atoms with Crippen LogP contribution in [0.1, 0.15) is 45.2 Å². The van der Waals surface area contributed by atoms with Gasteiger partial charge in [0.1, 0.15) is 0 Å². The zero-order valence-electron chi connectivity index (χ0n) is 12.4. The predicted molar refractivity (Wildman–Crippen MR) is 85.7 cm³/mol. The molecule has 20 heavy (non-hydrogen) atoms. The minimum atomic E-state index is 0.726. The van der Waals surface area contributed by atoms with Crippen molar-refractivity contribution in [1.29, 1.82) is 0 Å². The summed E-state index contributed by atoms with van der Waals surface area (Å²) in [4.78, 5) is 8.55. The van der Waals surface area contributed by atoms with E-state index in [0.29, 0.717) is 0 Å². The maximum Gasteiger partial charge on any atom is 0.195 e. The second kappa shape index (κ2) is 6.14. The number of anilines is 1. The van der Waals surface area contributed by atoms with E-state index in [-0.39, 0.29) is 0 Å².